The van der Waals surface area contributed by atoms with Crippen LogP contribution in [0.2, 0.25) is 0 Å². The summed E-state index contributed by atoms with van der Waals surface area (Å²) >= 11 is 0. The molecule has 0 unspecified atom stereocenters. The van der Waals surface area contributed by atoms with Crippen LogP contribution in [0.5, 0.6) is 0 Å². The number of aryl methyl sites for hydroxylation is 3. The molecule has 1 aromatic heterocycles. The average molecular weight is 565 g/mol. The van der Waals surface area contributed by atoms with Gasteiger partial charge in [0.25, 0.3) is 0 Å². The second kappa shape index (κ2) is 11.8. The minimum absolute atomic E-state index is 0.160. The van der Waals surface area contributed by atoms with Crippen molar-refractivity contribution in [3.05, 3.63) is 101 Å². The van der Waals surface area contributed by atoms with Gasteiger partial charge in [-0.25, -0.2) is 9.48 Å². The third-order valence-corrected chi connectivity index (χ3v) is 7.61. The van der Waals surface area contributed by atoms with Crippen LogP contribution >= 0.6 is 0 Å². The Hall–Kier alpha value is -4.43. The van der Waals surface area contributed by atoms with Crippen molar-refractivity contribution in [3.63, 3.8) is 0 Å². The van der Waals surface area contributed by atoms with Gasteiger partial charge in [-0.2, -0.15) is 5.10 Å². The van der Waals surface area contributed by atoms with E-state index in [1.807, 2.05) is 72.5 Å². The van der Waals surface area contributed by atoms with Crippen LogP contribution in [0, 0.1) is 20.8 Å². The van der Waals surface area contributed by atoms with Gasteiger partial charge in [0.2, 0.25) is 5.91 Å². The monoisotopic (exact) mass is 564 g/mol. The van der Waals surface area contributed by atoms with Gasteiger partial charge in [0.15, 0.2) is 0 Å². The van der Waals surface area contributed by atoms with Crippen LogP contribution in [0.25, 0.3) is 5.69 Å². The average Bonchev–Trinajstić information content (AvgIpc) is 3.36. The van der Waals surface area contributed by atoms with E-state index in [0.29, 0.717) is 37.7 Å². The Balaban J connectivity index is 1.24. The number of carbonyl (C=O) groups is 2. The second-order valence-corrected chi connectivity index (χ2v) is 12.2. The van der Waals surface area contributed by atoms with Gasteiger partial charge >= 0.3 is 6.03 Å². The van der Waals surface area contributed by atoms with Crippen LogP contribution in [0.3, 0.4) is 0 Å². The number of hydrogen-bond acceptors (Lipinski definition) is 4. The minimum Gasteiger partial charge on any atom is -0.308 e. The lowest BCUT2D eigenvalue weighted by Crippen LogP contribution is -2.48. The number of carbonyl (C=O) groups excluding carboxylic acids is 2. The van der Waals surface area contributed by atoms with E-state index in [4.69, 9.17) is 5.10 Å². The maximum Gasteiger partial charge on any atom is 0.324 e. The number of nitrogens with one attached hydrogen (secondary N) is 2. The molecule has 4 aromatic rings. The molecule has 0 bridgehead atoms. The van der Waals surface area contributed by atoms with E-state index < -0.39 is 0 Å². The summed E-state index contributed by atoms with van der Waals surface area (Å²) in [4.78, 5) is 30.0. The van der Waals surface area contributed by atoms with E-state index in [1.54, 1.807) is 4.68 Å². The fourth-order valence-electron chi connectivity index (χ4n) is 5.24. The molecule has 8 nitrogen and oxygen atoms in total. The number of anilines is 3. The summed E-state index contributed by atoms with van der Waals surface area (Å²) in [6.07, 6.45) is 0.490. The predicted octanol–water partition coefficient (Wildman–Crippen LogP) is 6.94. The molecule has 1 aliphatic heterocycles. The molecule has 0 radical (unpaired) electrons. The predicted molar refractivity (Wildman–Crippen MR) is 169 cm³/mol. The molecule has 3 amide bonds. The molecule has 218 valence electrons. The van der Waals surface area contributed by atoms with Crippen molar-refractivity contribution in [3.8, 4) is 5.69 Å². The van der Waals surface area contributed by atoms with Crippen LogP contribution in [-0.2, 0) is 16.8 Å². The van der Waals surface area contributed by atoms with Crippen LogP contribution < -0.4 is 15.5 Å². The molecule has 0 aliphatic carbocycles. The molecule has 0 spiro atoms. The third-order valence-electron chi connectivity index (χ3n) is 7.61. The van der Waals surface area contributed by atoms with Crippen molar-refractivity contribution in [1.82, 2.24) is 14.7 Å². The maximum atomic E-state index is 13.0. The Morgan fingerprint density at radius 2 is 1.57 bits per heavy atom. The molecule has 1 aliphatic rings. The quantitative estimate of drug-likeness (QED) is 0.266. The first-order valence-electron chi connectivity index (χ1n) is 14.4. The Morgan fingerprint density at radius 3 is 2.21 bits per heavy atom. The van der Waals surface area contributed by atoms with Crippen molar-refractivity contribution in [2.24, 2.45) is 0 Å². The number of benzene rings is 3. The first-order valence-corrected chi connectivity index (χ1v) is 14.4. The molecule has 1 fully saturated rings. The summed E-state index contributed by atoms with van der Waals surface area (Å²) in [6.45, 7) is 14.4. The van der Waals surface area contributed by atoms with Gasteiger partial charge in [-0.15, -0.1) is 0 Å². The fraction of sp³-hybridized carbons (Fsp3) is 0.324. The van der Waals surface area contributed by atoms with E-state index >= 15 is 0 Å². The molecular formula is C34H40N6O2. The normalized spacial score (nSPS) is 14.2. The smallest absolute Gasteiger partial charge is 0.308 e. The number of hydrogen-bond donors (Lipinski definition) is 2. The zero-order valence-corrected chi connectivity index (χ0v) is 25.4. The van der Waals surface area contributed by atoms with Crippen molar-refractivity contribution in [1.29, 1.82) is 0 Å². The molecular weight excluding hydrogens is 524 g/mol. The van der Waals surface area contributed by atoms with Crippen molar-refractivity contribution < 1.29 is 9.59 Å². The van der Waals surface area contributed by atoms with E-state index in [2.05, 4.69) is 62.3 Å². The maximum absolute atomic E-state index is 13.0. The number of amides is 3. The first kappa shape index (κ1) is 29.1. The molecule has 3 aromatic carbocycles. The Labute approximate surface area is 248 Å². The number of nitrogens with zero attached hydrogens (tertiary/aromatic N) is 4. The van der Waals surface area contributed by atoms with Crippen molar-refractivity contribution >= 4 is 29.1 Å². The summed E-state index contributed by atoms with van der Waals surface area (Å²) in [7, 11) is 0. The Bertz CT molecular complexity index is 1560. The van der Waals surface area contributed by atoms with Crippen LogP contribution in [0.1, 0.15) is 55.1 Å². The summed E-state index contributed by atoms with van der Waals surface area (Å²) in [6, 6.07) is 23.6. The third kappa shape index (κ3) is 6.55. The Kier molecular flexibility index (Phi) is 8.18. The number of urea groups is 1. The molecule has 5 rings (SSSR count). The standard InChI is InChI=1S/C34H40N6O2/c1-23-10-16-28(17-11-23)40-30(20-29(37-40)34(4,5)6)36-33(42)35-27-14-12-26(13-15-27)21-38-19-18-31(41)39(22-38)32-24(2)8-7-9-25(32)3/h7-17,20H,18-19,21-22H2,1-6H3,(H2,35,36,42). The van der Waals surface area contributed by atoms with Gasteiger partial charge in [0.1, 0.15) is 5.82 Å². The first-order chi connectivity index (χ1) is 20.0. The van der Waals surface area contributed by atoms with Gasteiger partial charge in [0, 0.05) is 36.7 Å². The number of rotatable bonds is 6. The van der Waals surface area contributed by atoms with E-state index in [-0.39, 0.29) is 17.4 Å². The summed E-state index contributed by atoms with van der Waals surface area (Å²) in [5.41, 5.74) is 7.79. The zero-order valence-electron chi connectivity index (χ0n) is 25.4. The van der Waals surface area contributed by atoms with E-state index in [0.717, 1.165) is 39.3 Å². The molecule has 2 N–H and O–H groups in total. The highest BCUT2D eigenvalue weighted by molar-refractivity contribution is 5.99. The van der Waals surface area contributed by atoms with Gasteiger partial charge in [-0.1, -0.05) is 68.8 Å². The van der Waals surface area contributed by atoms with Crippen LogP contribution in [0.15, 0.2) is 72.8 Å². The zero-order chi connectivity index (χ0) is 30.0. The van der Waals surface area contributed by atoms with Crippen molar-refractivity contribution in [2.45, 2.75) is 59.9 Å². The van der Waals surface area contributed by atoms with E-state index in [9.17, 15) is 9.59 Å². The fourth-order valence-corrected chi connectivity index (χ4v) is 5.24. The lowest BCUT2D eigenvalue weighted by molar-refractivity contribution is -0.121. The molecule has 42 heavy (non-hydrogen) atoms. The van der Waals surface area contributed by atoms with Crippen molar-refractivity contribution in [2.75, 3.05) is 28.7 Å². The highest BCUT2D eigenvalue weighted by atomic mass is 16.2. The minimum atomic E-state index is -0.338. The van der Waals surface area contributed by atoms with Crippen LogP contribution in [0.4, 0.5) is 22.0 Å². The highest BCUT2D eigenvalue weighted by Crippen LogP contribution is 2.29. The van der Waals surface area contributed by atoms with E-state index in [1.165, 1.54) is 0 Å². The highest BCUT2D eigenvalue weighted by Gasteiger charge is 2.27. The van der Waals surface area contributed by atoms with Gasteiger partial charge in [-0.3, -0.25) is 19.9 Å². The second-order valence-electron chi connectivity index (χ2n) is 12.2. The van der Waals surface area contributed by atoms with Gasteiger partial charge in [-0.05, 0) is 61.7 Å². The molecule has 0 saturated carbocycles. The molecule has 1 saturated heterocycles. The SMILES string of the molecule is Cc1ccc(-n2nc(C(C)(C)C)cc2NC(=O)Nc2ccc(CN3CCC(=O)N(c4c(C)cccc4C)C3)cc2)cc1. The summed E-state index contributed by atoms with van der Waals surface area (Å²) in [5, 5.41) is 10.7. The summed E-state index contributed by atoms with van der Waals surface area (Å²) in [5.74, 6) is 0.763. The van der Waals surface area contributed by atoms with Gasteiger partial charge in [0.05, 0.1) is 23.7 Å². The van der Waals surface area contributed by atoms with Gasteiger partial charge < -0.3 is 5.32 Å². The molecule has 0 atom stereocenters. The molecule has 2 heterocycles. The largest absolute Gasteiger partial charge is 0.324 e. The molecule has 8 heteroatoms. The number of aromatic nitrogens is 2. The lowest BCUT2D eigenvalue weighted by atomic mass is 9.92. The Morgan fingerprint density at radius 1 is 0.905 bits per heavy atom. The topological polar surface area (TPSA) is 82.5 Å². The van der Waals surface area contributed by atoms with Crippen LogP contribution in [-0.4, -0.2) is 39.8 Å². The summed E-state index contributed by atoms with van der Waals surface area (Å²) < 4.78 is 1.77. The lowest BCUT2D eigenvalue weighted by Gasteiger charge is -2.37. The number of para-hydroxylation sites is 1.